The van der Waals surface area contributed by atoms with E-state index in [9.17, 15) is 18.0 Å². The van der Waals surface area contributed by atoms with Crippen LogP contribution in [0, 0.1) is 0 Å². The smallest absolute Gasteiger partial charge is 0.348 e. The highest BCUT2D eigenvalue weighted by molar-refractivity contribution is 7.13. The minimum absolute atomic E-state index is 0.00447. The molecule has 0 aliphatic carbocycles. The molecule has 39 heavy (non-hydrogen) atoms. The Morgan fingerprint density at radius 2 is 1.44 bits per heavy atom. The van der Waals surface area contributed by atoms with Gasteiger partial charge in [0.15, 0.2) is 0 Å². The van der Waals surface area contributed by atoms with Crippen LogP contribution in [0.5, 0.6) is 0 Å². The Hall–Kier alpha value is -3.65. The molecule has 0 atom stereocenters. The Kier molecular flexibility index (Phi) is 7.75. The van der Waals surface area contributed by atoms with E-state index in [-0.39, 0.29) is 12.5 Å². The maximum Gasteiger partial charge on any atom is 0.416 e. The van der Waals surface area contributed by atoms with Gasteiger partial charge >= 0.3 is 6.18 Å². The average Bonchev–Trinajstić information content (AvgIpc) is 3.44. The Morgan fingerprint density at radius 3 is 2.10 bits per heavy atom. The molecular weight excluding hydrogens is 564 g/mol. The highest BCUT2D eigenvalue weighted by Crippen LogP contribution is 2.33. The maximum absolute atomic E-state index is 12.9. The van der Waals surface area contributed by atoms with Gasteiger partial charge in [-0.15, -0.1) is 11.3 Å². The standard InChI is InChI=1S/C30H19Cl2F3N2OS/c31-25-13-12-23(15-26(25)32)27-17-39-29(37-27)22-10-6-20(7-11-22)19-4-8-21(9-5-19)28(38)36-16-18-2-1-3-24(14-18)30(33,34)35/h1-15,17H,16H2,(H,36,38). The second kappa shape index (κ2) is 11.2. The van der Waals surface area contributed by atoms with Gasteiger partial charge < -0.3 is 5.32 Å². The summed E-state index contributed by atoms with van der Waals surface area (Å²) in [7, 11) is 0. The molecule has 9 heteroatoms. The summed E-state index contributed by atoms with van der Waals surface area (Å²) in [4.78, 5) is 17.3. The largest absolute Gasteiger partial charge is 0.416 e. The summed E-state index contributed by atoms with van der Waals surface area (Å²) in [5, 5.41) is 6.49. The first-order chi connectivity index (χ1) is 18.7. The van der Waals surface area contributed by atoms with E-state index in [2.05, 4.69) is 5.32 Å². The molecule has 5 aromatic rings. The summed E-state index contributed by atoms with van der Waals surface area (Å²) in [5.41, 5.74) is 4.62. The highest BCUT2D eigenvalue weighted by Gasteiger charge is 2.30. The molecule has 1 amide bonds. The van der Waals surface area contributed by atoms with Crippen LogP contribution in [-0.4, -0.2) is 10.9 Å². The van der Waals surface area contributed by atoms with Gasteiger partial charge in [-0.25, -0.2) is 4.98 Å². The Morgan fingerprint density at radius 1 is 0.795 bits per heavy atom. The minimum atomic E-state index is -4.43. The molecule has 0 aliphatic rings. The van der Waals surface area contributed by atoms with E-state index in [1.807, 2.05) is 47.8 Å². The second-order valence-electron chi connectivity index (χ2n) is 8.70. The maximum atomic E-state index is 12.9. The Labute approximate surface area is 236 Å². The van der Waals surface area contributed by atoms with E-state index >= 15 is 0 Å². The van der Waals surface area contributed by atoms with Crippen molar-refractivity contribution in [2.75, 3.05) is 0 Å². The van der Waals surface area contributed by atoms with Gasteiger partial charge in [-0.3, -0.25) is 4.79 Å². The molecule has 0 saturated heterocycles. The Bertz CT molecular complexity index is 1630. The summed E-state index contributed by atoms with van der Waals surface area (Å²) in [5.74, 6) is -0.365. The van der Waals surface area contributed by atoms with Crippen molar-refractivity contribution in [3.8, 4) is 33.0 Å². The third-order valence-electron chi connectivity index (χ3n) is 6.04. The highest BCUT2D eigenvalue weighted by atomic mass is 35.5. The number of nitrogens with one attached hydrogen (secondary N) is 1. The van der Waals surface area contributed by atoms with Crippen LogP contribution in [0.4, 0.5) is 13.2 Å². The predicted molar refractivity (Wildman–Crippen MR) is 151 cm³/mol. The number of thiazole rings is 1. The molecule has 0 radical (unpaired) electrons. The van der Waals surface area contributed by atoms with Crippen molar-refractivity contribution in [2.45, 2.75) is 12.7 Å². The number of benzene rings is 4. The van der Waals surface area contributed by atoms with Gasteiger partial charge in [-0.05, 0) is 53.1 Å². The van der Waals surface area contributed by atoms with Gasteiger partial charge in [0.1, 0.15) is 5.01 Å². The van der Waals surface area contributed by atoms with Crippen LogP contribution in [-0.2, 0) is 12.7 Å². The van der Waals surface area contributed by atoms with Crippen molar-refractivity contribution in [2.24, 2.45) is 0 Å². The second-order valence-corrected chi connectivity index (χ2v) is 10.4. The average molecular weight is 583 g/mol. The van der Waals surface area contributed by atoms with Gasteiger partial charge in [0.2, 0.25) is 0 Å². The van der Waals surface area contributed by atoms with Gasteiger partial charge in [0.25, 0.3) is 5.91 Å². The number of alkyl halides is 3. The van der Waals surface area contributed by atoms with Crippen molar-refractivity contribution in [3.63, 3.8) is 0 Å². The molecule has 0 spiro atoms. The molecule has 4 aromatic carbocycles. The third-order valence-corrected chi connectivity index (χ3v) is 7.67. The number of amides is 1. The topological polar surface area (TPSA) is 42.0 Å². The zero-order valence-electron chi connectivity index (χ0n) is 20.1. The number of rotatable bonds is 6. The fourth-order valence-corrected chi connectivity index (χ4v) is 5.09. The predicted octanol–water partition coefficient (Wildman–Crippen LogP) is 9.40. The molecule has 0 fully saturated rings. The molecule has 5 rings (SSSR count). The van der Waals surface area contributed by atoms with E-state index in [0.29, 0.717) is 21.2 Å². The summed E-state index contributed by atoms with van der Waals surface area (Å²) >= 11 is 13.7. The molecule has 1 N–H and O–H groups in total. The number of hydrogen-bond donors (Lipinski definition) is 1. The lowest BCUT2D eigenvalue weighted by Crippen LogP contribution is -2.23. The minimum Gasteiger partial charge on any atom is -0.348 e. The van der Waals surface area contributed by atoms with Gasteiger partial charge in [0, 0.05) is 28.6 Å². The van der Waals surface area contributed by atoms with Crippen molar-refractivity contribution >= 4 is 40.4 Å². The van der Waals surface area contributed by atoms with E-state index < -0.39 is 11.7 Å². The van der Waals surface area contributed by atoms with Crippen molar-refractivity contribution in [1.82, 2.24) is 10.3 Å². The fourth-order valence-electron chi connectivity index (χ4n) is 3.96. The van der Waals surface area contributed by atoms with Crippen LogP contribution < -0.4 is 5.32 Å². The summed E-state index contributed by atoms with van der Waals surface area (Å²) in [6.07, 6.45) is -4.43. The Balaban J connectivity index is 1.23. The molecular formula is C30H19Cl2F3N2OS. The van der Waals surface area contributed by atoms with Crippen LogP contribution in [0.3, 0.4) is 0 Å². The van der Waals surface area contributed by atoms with Crippen molar-refractivity contribution in [3.05, 3.63) is 123 Å². The molecule has 1 heterocycles. The number of carbonyl (C=O) groups is 1. The van der Waals surface area contributed by atoms with Crippen LogP contribution in [0.2, 0.25) is 10.0 Å². The monoisotopic (exact) mass is 582 g/mol. The van der Waals surface area contributed by atoms with E-state index in [1.54, 1.807) is 30.3 Å². The molecule has 0 aliphatic heterocycles. The summed E-state index contributed by atoms with van der Waals surface area (Å²) < 4.78 is 38.7. The van der Waals surface area contributed by atoms with Crippen LogP contribution in [0.15, 0.2) is 96.4 Å². The molecule has 0 bridgehead atoms. The van der Waals surface area contributed by atoms with Gasteiger partial charge in [0.05, 0.1) is 21.3 Å². The van der Waals surface area contributed by atoms with E-state index in [4.69, 9.17) is 28.2 Å². The lowest BCUT2D eigenvalue weighted by molar-refractivity contribution is -0.137. The van der Waals surface area contributed by atoms with Crippen molar-refractivity contribution in [1.29, 1.82) is 0 Å². The number of halogens is 5. The fraction of sp³-hybridized carbons (Fsp3) is 0.0667. The summed E-state index contributed by atoms with van der Waals surface area (Å²) in [6, 6.07) is 25.3. The molecule has 3 nitrogen and oxygen atoms in total. The van der Waals surface area contributed by atoms with Gasteiger partial charge in [-0.2, -0.15) is 13.2 Å². The SMILES string of the molecule is O=C(NCc1cccc(C(F)(F)F)c1)c1ccc(-c2ccc(-c3nc(-c4ccc(Cl)c(Cl)c4)cs3)cc2)cc1. The third kappa shape index (κ3) is 6.33. The normalized spacial score (nSPS) is 11.4. The number of carbonyl (C=O) groups excluding carboxylic acids is 1. The lowest BCUT2D eigenvalue weighted by atomic mass is 10.0. The first kappa shape index (κ1) is 26.9. The molecule has 0 unspecified atom stereocenters. The quantitative estimate of drug-likeness (QED) is 0.216. The molecule has 196 valence electrons. The van der Waals surface area contributed by atoms with Gasteiger partial charge in [-0.1, -0.05) is 77.8 Å². The molecule has 1 aromatic heterocycles. The van der Waals surface area contributed by atoms with Crippen LogP contribution in [0.1, 0.15) is 21.5 Å². The zero-order valence-corrected chi connectivity index (χ0v) is 22.4. The number of nitrogens with zero attached hydrogens (tertiary/aromatic N) is 1. The lowest BCUT2D eigenvalue weighted by Gasteiger charge is -2.10. The first-order valence-corrected chi connectivity index (χ1v) is 13.4. The first-order valence-electron chi connectivity index (χ1n) is 11.7. The van der Waals surface area contributed by atoms with Crippen molar-refractivity contribution < 1.29 is 18.0 Å². The van der Waals surface area contributed by atoms with Crippen LogP contribution in [0.25, 0.3) is 33.0 Å². The van der Waals surface area contributed by atoms with Crippen LogP contribution >= 0.6 is 34.5 Å². The zero-order chi connectivity index (χ0) is 27.6. The van der Waals surface area contributed by atoms with E-state index in [1.165, 1.54) is 17.4 Å². The number of hydrogen-bond acceptors (Lipinski definition) is 3. The molecule has 0 saturated carbocycles. The van der Waals surface area contributed by atoms with E-state index in [0.717, 1.165) is 45.1 Å². The summed E-state index contributed by atoms with van der Waals surface area (Å²) in [6.45, 7) is -0.00447. The number of aromatic nitrogens is 1.